The Kier molecular flexibility index (Phi) is 5.24. The third kappa shape index (κ3) is 3.80. The highest BCUT2D eigenvalue weighted by Crippen LogP contribution is 2.35. The summed E-state index contributed by atoms with van der Waals surface area (Å²) in [5.41, 5.74) is 2.88. The van der Waals surface area contributed by atoms with Gasteiger partial charge in [-0.1, -0.05) is 30.3 Å². The first kappa shape index (κ1) is 21.0. The molecule has 1 N–H and O–H groups in total. The van der Waals surface area contributed by atoms with E-state index in [0.29, 0.717) is 22.3 Å². The van der Waals surface area contributed by atoms with Crippen molar-refractivity contribution in [3.8, 4) is 0 Å². The summed E-state index contributed by atoms with van der Waals surface area (Å²) in [4.78, 5) is 37.0. The maximum Gasteiger partial charge on any atom is 0.340 e. The lowest BCUT2D eigenvalue weighted by atomic mass is 9.94. The molecule has 1 atom stereocenters. The Morgan fingerprint density at radius 1 is 1.03 bits per heavy atom. The van der Waals surface area contributed by atoms with Crippen LogP contribution in [0.3, 0.4) is 0 Å². The Bertz CT molecular complexity index is 1450. The molecule has 7 nitrogen and oxygen atoms in total. The Morgan fingerprint density at radius 2 is 1.76 bits per heavy atom. The van der Waals surface area contributed by atoms with Crippen molar-refractivity contribution in [1.82, 2.24) is 5.32 Å². The maximum atomic E-state index is 12.7. The second-order valence-electron chi connectivity index (χ2n) is 8.46. The van der Waals surface area contributed by atoms with E-state index >= 15 is 0 Å². The molecule has 7 heteroatoms. The predicted octanol–water partition coefficient (Wildman–Crippen LogP) is 2.88. The van der Waals surface area contributed by atoms with Gasteiger partial charge in [-0.3, -0.25) is 4.79 Å². The fourth-order valence-electron chi connectivity index (χ4n) is 4.65. The van der Waals surface area contributed by atoms with E-state index < -0.39 is 23.5 Å². The molecule has 2 aromatic carbocycles. The average Bonchev–Trinajstić information content (AvgIpc) is 3.17. The van der Waals surface area contributed by atoms with Crippen molar-refractivity contribution in [1.29, 1.82) is 0 Å². The highest BCUT2D eigenvalue weighted by atomic mass is 16.4. The lowest BCUT2D eigenvalue weighted by molar-refractivity contribution is -0.308. The summed E-state index contributed by atoms with van der Waals surface area (Å²) in [6.45, 7) is 1.77. The number of carbonyl (C=O) groups is 2. The number of aryl methyl sites for hydroxylation is 3. The second-order valence-corrected chi connectivity index (χ2v) is 8.46. The first-order valence-corrected chi connectivity index (χ1v) is 11.0. The molecule has 1 amide bonds. The number of benzene rings is 2. The monoisotopic (exact) mass is 444 g/mol. The van der Waals surface area contributed by atoms with Gasteiger partial charge in [0.1, 0.15) is 16.9 Å². The third-order valence-electron chi connectivity index (χ3n) is 6.37. The van der Waals surface area contributed by atoms with Gasteiger partial charge in [-0.15, -0.1) is 0 Å². The minimum Gasteiger partial charge on any atom is -0.548 e. The third-order valence-corrected chi connectivity index (χ3v) is 6.37. The Morgan fingerprint density at radius 3 is 2.52 bits per heavy atom. The van der Waals surface area contributed by atoms with Crippen LogP contribution in [-0.2, 0) is 28.9 Å². The van der Waals surface area contributed by atoms with Gasteiger partial charge >= 0.3 is 5.63 Å². The first-order chi connectivity index (χ1) is 15.9. The SMILES string of the molecule is Cc1c(CC(=O)N[C@H](C(=O)[O-])c2ccccc2)c(=O)oc2cc3oc4c(c3cc12)CCCC4. The molecule has 1 aliphatic carbocycles. The molecule has 0 fully saturated rings. The number of carboxylic acids is 1. The van der Waals surface area contributed by atoms with Crippen LogP contribution < -0.4 is 16.0 Å². The van der Waals surface area contributed by atoms with Gasteiger partial charge < -0.3 is 24.1 Å². The highest BCUT2D eigenvalue weighted by molar-refractivity contribution is 5.97. The average molecular weight is 444 g/mol. The molecule has 33 heavy (non-hydrogen) atoms. The molecule has 0 radical (unpaired) electrons. The number of amides is 1. The van der Waals surface area contributed by atoms with Crippen molar-refractivity contribution in [3.63, 3.8) is 0 Å². The molecule has 0 unspecified atom stereocenters. The molecule has 0 saturated carbocycles. The maximum absolute atomic E-state index is 12.7. The zero-order chi connectivity index (χ0) is 23.1. The highest BCUT2D eigenvalue weighted by Gasteiger charge is 2.22. The van der Waals surface area contributed by atoms with Gasteiger partial charge in [0.2, 0.25) is 5.91 Å². The molecule has 1 aliphatic rings. The molecule has 0 saturated heterocycles. The zero-order valence-corrected chi connectivity index (χ0v) is 18.1. The number of carboxylic acid groups (broad SMARTS) is 1. The van der Waals surface area contributed by atoms with E-state index in [9.17, 15) is 19.5 Å². The molecule has 2 aromatic heterocycles. The van der Waals surface area contributed by atoms with Gasteiger partial charge in [-0.25, -0.2) is 4.79 Å². The number of furan rings is 1. The fourth-order valence-corrected chi connectivity index (χ4v) is 4.65. The van der Waals surface area contributed by atoms with Gasteiger partial charge in [0.15, 0.2) is 0 Å². The van der Waals surface area contributed by atoms with E-state index in [-0.39, 0.29) is 12.0 Å². The van der Waals surface area contributed by atoms with Crippen LogP contribution in [0.4, 0.5) is 0 Å². The van der Waals surface area contributed by atoms with E-state index in [1.807, 2.05) is 6.07 Å². The van der Waals surface area contributed by atoms with E-state index in [1.165, 1.54) is 5.56 Å². The Hall–Kier alpha value is -3.87. The Balaban J connectivity index is 1.50. The number of carbonyl (C=O) groups excluding carboxylic acids is 2. The molecule has 5 rings (SSSR count). The number of nitrogens with one attached hydrogen (secondary N) is 1. The first-order valence-electron chi connectivity index (χ1n) is 11.0. The van der Waals surface area contributed by atoms with Crippen molar-refractivity contribution in [2.45, 2.75) is 45.1 Å². The van der Waals surface area contributed by atoms with Crippen molar-refractivity contribution >= 4 is 33.8 Å². The number of hydrogen-bond acceptors (Lipinski definition) is 6. The smallest absolute Gasteiger partial charge is 0.340 e. The number of fused-ring (bicyclic) bond motifs is 4. The van der Waals surface area contributed by atoms with Gasteiger partial charge in [0, 0.05) is 28.8 Å². The lowest BCUT2D eigenvalue weighted by Crippen LogP contribution is -2.42. The van der Waals surface area contributed by atoms with Crippen LogP contribution >= 0.6 is 0 Å². The van der Waals surface area contributed by atoms with Crippen molar-refractivity contribution in [3.05, 3.63) is 80.9 Å². The Labute approximate surface area is 189 Å². The van der Waals surface area contributed by atoms with Crippen LogP contribution in [-0.4, -0.2) is 11.9 Å². The quantitative estimate of drug-likeness (QED) is 0.474. The molecule has 0 bridgehead atoms. The van der Waals surface area contributed by atoms with E-state index in [0.717, 1.165) is 42.2 Å². The van der Waals surface area contributed by atoms with E-state index in [1.54, 1.807) is 43.3 Å². The van der Waals surface area contributed by atoms with Crippen LogP contribution in [0.2, 0.25) is 0 Å². The molecule has 0 spiro atoms. The van der Waals surface area contributed by atoms with Crippen molar-refractivity contribution < 1.29 is 23.5 Å². The van der Waals surface area contributed by atoms with Gasteiger partial charge in [-0.2, -0.15) is 0 Å². The molecule has 168 valence electrons. The van der Waals surface area contributed by atoms with Gasteiger partial charge in [0.05, 0.1) is 24.0 Å². The standard InChI is InChI=1S/C26H23NO6/c1-14-17-11-19-16-9-5-6-10-20(16)32-22(19)13-21(17)33-26(31)18(14)12-23(28)27-24(25(29)30)15-7-3-2-4-8-15/h2-4,7-8,11,13,24H,5-6,9-10,12H2,1H3,(H,27,28)(H,29,30)/p-1/t24-/m0/s1. The molecular formula is C26H22NO6-. The molecular weight excluding hydrogens is 422 g/mol. The number of aliphatic carboxylic acids is 1. The zero-order valence-electron chi connectivity index (χ0n) is 18.1. The fraction of sp³-hybridized carbons (Fsp3) is 0.269. The van der Waals surface area contributed by atoms with E-state index in [2.05, 4.69) is 5.32 Å². The summed E-state index contributed by atoms with van der Waals surface area (Å²) in [5, 5.41) is 15.8. The molecule has 4 aromatic rings. The minimum absolute atomic E-state index is 0.196. The van der Waals surface area contributed by atoms with Crippen LogP contribution in [0.5, 0.6) is 0 Å². The molecule has 0 aliphatic heterocycles. The predicted molar refractivity (Wildman–Crippen MR) is 120 cm³/mol. The largest absolute Gasteiger partial charge is 0.548 e. The van der Waals surface area contributed by atoms with Crippen molar-refractivity contribution in [2.24, 2.45) is 0 Å². The summed E-state index contributed by atoms with van der Waals surface area (Å²) in [5.74, 6) is -1.05. The summed E-state index contributed by atoms with van der Waals surface area (Å²) < 4.78 is 11.5. The summed E-state index contributed by atoms with van der Waals surface area (Å²) >= 11 is 0. The lowest BCUT2D eigenvalue weighted by Gasteiger charge is -2.20. The molecule has 2 heterocycles. The number of hydrogen-bond donors (Lipinski definition) is 1. The van der Waals surface area contributed by atoms with Gasteiger partial charge in [-0.05, 0) is 43.4 Å². The topological polar surface area (TPSA) is 113 Å². The number of rotatable bonds is 5. The van der Waals surface area contributed by atoms with E-state index in [4.69, 9.17) is 8.83 Å². The summed E-state index contributed by atoms with van der Waals surface area (Å²) in [7, 11) is 0. The summed E-state index contributed by atoms with van der Waals surface area (Å²) in [6.07, 6.45) is 3.74. The van der Waals surface area contributed by atoms with Crippen LogP contribution in [0.15, 0.2) is 56.1 Å². The van der Waals surface area contributed by atoms with Gasteiger partial charge in [0.25, 0.3) is 0 Å². The van der Waals surface area contributed by atoms with Crippen LogP contribution in [0, 0.1) is 6.92 Å². The van der Waals surface area contributed by atoms with Crippen molar-refractivity contribution in [2.75, 3.05) is 0 Å². The normalized spacial score (nSPS) is 14.2. The van der Waals surface area contributed by atoms with Crippen LogP contribution in [0.1, 0.15) is 46.9 Å². The second kappa shape index (κ2) is 8.24. The van der Waals surface area contributed by atoms with Crippen LogP contribution in [0.25, 0.3) is 21.9 Å². The minimum atomic E-state index is -1.43. The summed E-state index contributed by atoms with van der Waals surface area (Å²) in [6, 6.07) is 10.7.